The van der Waals surface area contributed by atoms with Gasteiger partial charge in [0.15, 0.2) is 5.84 Å². The lowest BCUT2D eigenvalue weighted by Gasteiger charge is -2.35. The van der Waals surface area contributed by atoms with Crippen molar-refractivity contribution < 1.29 is 9.89 Å². The number of amidine groups is 1. The van der Waals surface area contributed by atoms with Crippen molar-refractivity contribution in [3.8, 4) is 17.2 Å². The summed E-state index contributed by atoms with van der Waals surface area (Å²) in [6.07, 6.45) is 8.07. The van der Waals surface area contributed by atoms with Gasteiger partial charge in [-0.15, -0.1) is 0 Å². The molecule has 9 heteroatoms. The predicted molar refractivity (Wildman–Crippen MR) is 130 cm³/mol. The van der Waals surface area contributed by atoms with Crippen molar-refractivity contribution in [3.63, 3.8) is 0 Å². The van der Waals surface area contributed by atoms with Crippen molar-refractivity contribution in [2.75, 3.05) is 32.1 Å². The summed E-state index contributed by atoms with van der Waals surface area (Å²) >= 11 is 0. The maximum absolute atomic E-state index is 10.2. The first-order valence-corrected chi connectivity index (χ1v) is 10.9. The topological polar surface area (TPSA) is 146 Å². The molecule has 3 rings (SSSR count). The summed E-state index contributed by atoms with van der Waals surface area (Å²) < 4.78 is 1.65. The van der Waals surface area contributed by atoms with Crippen LogP contribution >= 0.6 is 0 Å². The molecule has 6 N–H and O–H groups in total. The second-order valence-corrected chi connectivity index (χ2v) is 8.11. The van der Waals surface area contributed by atoms with Crippen LogP contribution in [-0.2, 0) is 0 Å². The van der Waals surface area contributed by atoms with E-state index in [0.29, 0.717) is 35.8 Å². The molecule has 2 aromatic rings. The zero-order valence-corrected chi connectivity index (χ0v) is 19.3. The normalized spacial score (nSPS) is 15.3. The van der Waals surface area contributed by atoms with Crippen LogP contribution < -0.4 is 16.0 Å². The van der Waals surface area contributed by atoms with E-state index in [1.165, 1.54) is 6.34 Å². The fourth-order valence-corrected chi connectivity index (χ4v) is 4.15. The van der Waals surface area contributed by atoms with Crippen LogP contribution in [0.1, 0.15) is 29.7 Å². The van der Waals surface area contributed by atoms with Crippen molar-refractivity contribution in [1.29, 1.82) is 16.1 Å². The summed E-state index contributed by atoms with van der Waals surface area (Å²) in [5.74, 6) is 0.868. The maximum atomic E-state index is 10.2. The van der Waals surface area contributed by atoms with E-state index in [2.05, 4.69) is 21.2 Å². The van der Waals surface area contributed by atoms with E-state index in [-0.39, 0.29) is 5.92 Å². The van der Waals surface area contributed by atoms with Crippen LogP contribution in [0.15, 0.2) is 36.7 Å². The van der Waals surface area contributed by atoms with Gasteiger partial charge in [0.25, 0.3) is 0 Å². The molecule has 1 aliphatic heterocycles. The number of benzene rings is 1. The Hall–Kier alpha value is -3.90. The highest BCUT2D eigenvalue weighted by Gasteiger charge is 2.29. The Morgan fingerprint density at radius 3 is 2.70 bits per heavy atom. The Balaban J connectivity index is 2.09. The third kappa shape index (κ3) is 5.13. The van der Waals surface area contributed by atoms with E-state index in [1.807, 2.05) is 37.5 Å². The van der Waals surface area contributed by atoms with Crippen LogP contribution in [0.25, 0.3) is 11.1 Å². The highest BCUT2D eigenvalue weighted by atomic mass is 15.1. The van der Waals surface area contributed by atoms with Crippen molar-refractivity contribution in [2.45, 2.75) is 19.8 Å². The molecule has 0 aliphatic carbocycles. The number of nitrogens with two attached hydrogens (primary N) is 2. The lowest BCUT2D eigenvalue weighted by molar-refractivity contribution is -0.556. The molecule has 1 aromatic heterocycles. The Bertz CT molecular complexity index is 1150. The van der Waals surface area contributed by atoms with Crippen LogP contribution in [0.4, 0.5) is 5.69 Å². The second kappa shape index (κ2) is 10.6. The van der Waals surface area contributed by atoms with E-state index in [1.54, 1.807) is 30.1 Å². The summed E-state index contributed by atoms with van der Waals surface area (Å²) in [5.41, 5.74) is 11.0. The van der Waals surface area contributed by atoms with E-state index >= 15 is 0 Å². The molecular formula is C24H31N9+2. The standard InChI is InChI=1S/C24H29N9/c1-16-12-18(14-30-31-16)19-4-5-20(22(27)6-9-29-2)21(13-25)23(19)33-10-7-17(8-11-33)24(28)32(3)15-26/h4-6,9,12,14-15,17,26,28H,7-8,10-11H2,1-3H3,(H2,27,29)/p+2. The molecule has 33 heavy (non-hydrogen) atoms. The molecule has 170 valence electrons. The average molecular weight is 446 g/mol. The quantitative estimate of drug-likeness (QED) is 0.287. The van der Waals surface area contributed by atoms with Crippen LogP contribution in [-0.4, -0.2) is 59.8 Å². The van der Waals surface area contributed by atoms with Gasteiger partial charge in [0.1, 0.15) is 6.07 Å². The van der Waals surface area contributed by atoms with E-state index < -0.39 is 0 Å². The number of rotatable bonds is 7. The van der Waals surface area contributed by atoms with Gasteiger partial charge in [0.05, 0.1) is 49.1 Å². The highest BCUT2D eigenvalue weighted by molar-refractivity contribution is 6.10. The number of allylic oxidation sites excluding steroid dienone is 1. The fourth-order valence-electron chi connectivity index (χ4n) is 4.15. The summed E-state index contributed by atoms with van der Waals surface area (Å²) in [5, 5.41) is 36.2. The molecule has 1 aliphatic rings. The number of aromatic nitrogens is 2. The van der Waals surface area contributed by atoms with Crippen molar-refractivity contribution in [1.82, 2.24) is 10.2 Å². The SMILES string of the molecule is C[NH2+]/C=C\C(=N)c1ccc(-c2cnnc(C)c2)c(N2CCC(C(N)=[N+](C)C=N)CC2)c1C#N. The van der Waals surface area contributed by atoms with Crippen LogP contribution in [0.5, 0.6) is 0 Å². The summed E-state index contributed by atoms with van der Waals surface area (Å²) in [6, 6.07) is 8.14. The molecule has 0 amide bonds. The third-order valence-electron chi connectivity index (χ3n) is 5.95. The minimum absolute atomic E-state index is 0.177. The molecule has 1 fully saturated rings. The van der Waals surface area contributed by atoms with Gasteiger partial charge in [-0.2, -0.15) is 20.9 Å². The van der Waals surface area contributed by atoms with Gasteiger partial charge in [-0.25, -0.2) is 4.58 Å². The molecule has 0 spiro atoms. The smallest absolute Gasteiger partial charge is 0.216 e. The number of nitrogens with zero attached hydrogens (tertiary/aromatic N) is 5. The number of anilines is 1. The van der Waals surface area contributed by atoms with Gasteiger partial charge in [0, 0.05) is 41.8 Å². The van der Waals surface area contributed by atoms with E-state index in [0.717, 1.165) is 35.3 Å². The number of piperidine rings is 1. The number of quaternary nitrogens is 1. The maximum Gasteiger partial charge on any atom is 0.216 e. The Kier molecular flexibility index (Phi) is 7.64. The van der Waals surface area contributed by atoms with E-state index in [9.17, 15) is 5.26 Å². The van der Waals surface area contributed by atoms with E-state index in [4.69, 9.17) is 16.6 Å². The molecule has 0 atom stereocenters. The molecule has 0 radical (unpaired) electrons. The van der Waals surface area contributed by atoms with Gasteiger partial charge in [0.2, 0.25) is 6.34 Å². The first kappa shape index (κ1) is 23.8. The van der Waals surface area contributed by atoms with Crippen molar-refractivity contribution >= 4 is 23.6 Å². The molecule has 9 nitrogen and oxygen atoms in total. The molecule has 0 saturated carbocycles. The van der Waals surface area contributed by atoms with Gasteiger partial charge in [-0.1, -0.05) is 12.1 Å². The first-order valence-electron chi connectivity index (χ1n) is 10.9. The minimum Gasteiger partial charge on any atom is -0.370 e. The zero-order chi connectivity index (χ0) is 24.0. The molecular weight excluding hydrogens is 414 g/mol. The van der Waals surface area contributed by atoms with Gasteiger partial charge < -0.3 is 21.4 Å². The number of nitriles is 1. The minimum atomic E-state index is 0.177. The van der Waals surface area contributed by atoms with Crippen LogP contribution in [0, 0.1) is 35.0 Å². The van der Waals surface area contributed by atoms with Gasteiger partial charge in [-0.3, -0.25) is 0 Å². The molecule has 1 saturated heterocycles. The summed E-state index contributed by atoms with van der Waals surface area (Å²) in [7, 11) is 3.68. The lowest BCUT2D eigenvalue weighted by Crippen LogP contribution is -2.72. The summed E-state index contributed by atoms with van der Waals surface area (Å²) in [6.45, 7) is 3.32. The zero-order valence-electron chi connectivity index (χ0n) is 19.3. The van der Waals surface area contributed by atoms with Crippen LogP contribution in [0.2, 0.25) is 0 Å². The number of aryl methyl sites for hydroxylation is 1. The van der Waals surface area contributed by atoms with Crippen molar-refractivity contribution in [2.24, 2.45) is 11.7 Å². The van der Waals surface area contributed by atoms with Gasteiger partial charge >= 0.3 is 0 Å². The molecule has 0 bridgehead atoms. The Labute approximate surface area is 194 Å². The fraction of sp³-hybridized carbons (Fsp3) is 0.333. The highest BCUT2D eigenvalue weighted by Crippen LogP contribution is 2.38. The number of hydrogen-bond donors (Lipinski definition) is 4. The lowest BCUT2D eigenvalue weighted by atomic mass is 9.90. The monoisotopic (exact) mass is 445 g/mol. The van der Waals surface area contributed by atoms with Crippen LogP contribution in [0.3, 0.4) is 0 Å². The van der Waals surface area contributed by atoms with Gasteiger partial charge in [-0.05, 0) is 25.8 Å². The third-order valence-corrected chi connectivity index (χ3v) is 5.95. The molecule has 0 unspecified atom stereocenters. The second-order valence-electron chi connectivity index (χ2n) is 8.11. The first-order chi connectivity index (χ1) is 15.9. The Morgan fingerprint density at radius 2 is 2.09 bits per heavy atom. The molecule has 2 heterocycles. The molecule has 1 aromatic carbocycles. The Morgan fingerprint density at radius 1 is 1.36 bits per heavy atom. The summed E-state index contributed by atoms with van der Waals surface area (Å²) in [4.78, 5) is 2.21. The van der Waals surface area contributed by atoms with Crippen molar-refractivity contribution in [3.05, 3.63) is 53.5 Å². The number of nitrogens with one attached hydrogen (secondary N) is 2. The predicted octanol–water partition coefficient (Wildman–Crippen LogP) is 1.22. The average Bonchev–Trinajstić information content (AvgIpc) is 2.85. The number of hydrogen-bond acceptors (Lipinski definition) is 6. The largest absolute Gasteiger partial charge is 0.370 e.